The first-order valence-corrected chi connectivity index (χ1v) is 19.2. The van der Waals surface area contributed by atoms with Crippen molar-refractivity contribution in [2.24, 2.45) is 10.2 Å². The molecule has 0 saturated carbocycles. The predicted molar refractivity (Wildman–Crippen MR) is 218 cm³/mol. The van der Waals surface area contributed by atoms with Gasteiger partial charge in [-0.3, -0.25) is 0 Å². The number of anilines is 1. The van der Waals surface area contributed by atoms with Crippen LogP contribution in [0.15, 0.2) is 132 Å². The van der Waals surface area contributed by atoms with Crippen molar-refractivity contribution in [3.8, 4) is 28.4 Å². The fraction of sp³-hybridized carbons (Fsp3) is 0.298. The molecule has 2 aliphatic heterocycles. The summed E-state index contributed by atoms with van der Waals surface area (Å²) in [5, 5.41) is 8.88. The lowest BCUT2D eigenvalue weighted by atomic mass is 9.76. The van der Waals surface area contributed by atoms with Crippen LogP contribution in [-0.2, 0) is 5.41 Å². The first kappa shape index (κ1) is 36.7. The SMILES string of the molecule is CCCCCCCCCOc1ccc(-c2ccc(C(=O)Oc3ccc(N=Nc4ccc5c(c4)C=CC4(O5)N(C)c5ccccc5C4(C)C)cc3)cc2)cc1. The first-order valence-electron chi connectivity index (χ1n) is 19.2. The van der Waals surface area contributed by atoms with Crippen LogP contribution in [0, 0.1) is 0 Å². The molecular formula is C47H49N3O4. The largest absolute Gasteiger partial charge is 0.494 e. The highest BCUT2D eigenvalue weighted by atomic mass is 16.5. The van der Waals surface area contributed by atoms with E-state index in [0.717, 1.165) is 41.2 Å². The van der Waals surface area contributed by atoms with Crippen LogP contribution in [0.5, 0.6) is 17.2 Å². The topological polar surface area (TPSA) is 72.7 Å². The Bertz CT molecular complexity index is 2120. The lowest BCUT2D eigenvalue weighted by molar-refractivity contribution is 0.0582. The van der Waals surface area contributed by atoms with Gasteiger partial charge in [-0.1, -0.05) is 87.9 Å². The number of carbonyl (C=O) groups excluding carboxylic acids is 1. The van der Waals surface area contributed by atoms with Crippen LogP contribution in [0.2, 0.25) is 0 Å². The molecule has 54 heavy (non-hydrogen) atoms. The van der Waals surface area contributed by atoms with Crippen LogP contribution in [0.25, 0.3) is 17.2 Å². The number of fused-ring (bicyclic) bond motifs is 2. The van der Waals surface area contributed by atoms with Crippen LogP contribution in [0.4, 0.5) is 17.1 Å². The number of hydrogen-bond acceptors (Lipinski definition) is 7. The molecule has 2 aliphatic rings. The van der Waals surface area contributed by atoms with E-state index in [1.165, 1.54) is 49.8 Å². The van der Waals surface area contributed by atoms with Crippen LogP contribution >= 0.6 is 0 Å². The number of para-hydroxylation sites is 1. The summed E-state index contributed by atoms with van der Waals surface area (Å²) >= 11 is 0. The minimum atomic E-state index is -0.628. The highest BCUT2D eigenvalue weighted by molar-refractivity contribution is 5.91. The fourth-order valence-electron chi connectivity index (χ4n) is 7.48. The van der Waals surface area contributed by atoms with Crippen molar-refractivity contribution in [3.05, 3.63) is 138 Å². The molecule has 7 rings (SSSR count). The van der Waals surface area contributed by atoms with Crippen molar-refractivity contribution in [1.82, 2.24) is 0 Å². The van der Waals surface area contributed by atoms with Gasteiger partial charge in [0, 0.05) is 18.3 Å². The van der Waals surface area contributed by atoms with Gasteiger partial charge < -0.3 is 19.1 Å². The van der Waals surface area contributed by atoms with Crippen LogP contribution < -0.4 is 19.1 Å². The van der Waals surface area contributed by atoms with Crippen molar-refractivity contribution < 1.29 is 19.0 Å². The summed E-state index contributed by atoms with van der Waals surface area (Å²) < 4.78 is 18.4. The summed E-state index contributed by atoms with van der Waals surface area (Å²) in [6, 6.07) is 36.9. The lowest BCUT2D eigenvalue weighted by Gasteiger charge is -2.45. The van der Waals surface area contributed by atoms with Gasteiger partial charge in [0.2, 0.25) is 5.72 Å². The van der Waals surface area contributed by atoms with Crippen LogP contribution in [0.1, 0.15) is 87.2 Å². The molecule has 7 nitrogen and oxygen atoms in total. The number of carbonyl (C=O) groups is 1. The van der Waals surface area contributed by atoms with E-state index in [-0.39, 0.29) is 5.41 Å². The molecule has 5 aromatic rings. The summed E-state index contributed by atoms with van der Waals surface area (Å²) in [5.74, 6) is 1.69. The molecule has 1 unspecified atom stereocenters. The van der Waals surface area contributed by atoms with E-state index >= 15 is 0 Å². The van der Waals surface area contributed by atoms with Crippen molar-refractivity contribution in [2.45, 2.75) is 76.9 Å². The van der Waals surface area contributed by atoms with E-state index in [1.807, 2.05) is 54.6 Å². The van der Waals surface area contributed by atoms with Gasteiger partial charge in [-0.05, 0) is 122 Å². The van der Waals surface area contributed by atoms with Gasteiger partial charge in [-0.25, -0.2) is 4.79 Å². The van der Waals surface area contributed by atoms with Crippen LogP contribution in [-0.4, -0.2) is 25.3 Å². The standard InChI is InChI=1S/C47H49N3O4/c1-5-6-7-8-9-10-13-32-52-40-25-20-35(21-26-40)34-16-18-36(19-17-34)45(51)53-41-27-22-38(23-28-41)48-49-39-24-29-44-37(33-39)30-31-47(54-44)46(2,3)42-14-11-12-15-43(42)50(47)4/h11-12,14-31,33H,5-10,13,32H2,1-4H3. The second kappa shape index (κ2) is 16.1. The number of benzene rings is 5. The van der Waals surface area contributed by atoms with Gasteiger partial charge >= 0.3 is 5.97 Å². The highest BCUT2D eigenvalue weighted by Gasteiger charge is 2.57. The number of esters is 1. The lowest BCUT2D eigenvalue weighted by Crippen LogP contribution is -2.58. The van der Waals surface area contributed by atoms with E-state index in [9.17, 15) is 4.79 Å². The molecule has 0 fully saturated rings. The van der Waals surface area contributed by atoms with Gasteiger partial charge in [0.05, 0.1) is 29.0 Å². The van der Waals surface area contributed by atoms with Crippen molar-refractivity contribution in [3.63, 3.8) is 0 Å². The van der Waals surface area contributed by atoms with Crippen molar-refractivity contribution in [1.29, 1.82) is 0 Å². The number of ether oxygens (including phenoxy) is 3. The molecule has 0 aromatic heterocycles. The van der Waals surface area contributed by atoms with Gasteiger partial charge in [0.15, 0.2) is 0 Å². The van der Waals surface area contributed by atoms with Crippen LogP contribution in [0.3, 0.4) is 0 Å². The number of azo groups is 1. The summed E-state index contributed by atoms with van der Waals surface area (Å²) in [6.07, 6.45) is 13.1. The summed E-state index contributed by atoms with van der Waals surface area (Å²) in [7, 11) is 2.09. The maximum absolute atomic E-state index is 12.9. The Morgan fingerprint density at radius 3 is 2.07 bits per heavy atom. The van der Waals surface area contributed by atoms with E-state index < -0.39 is 11.7 Å². The third-order valence-corrected chi connectivity index (χ3v) is 10.7. The Kier molecular flexibility index (Phi) is 11.0. The molecule has 276 valence electrons. The first-order chi connectivity index (χ1) is 26.3. The average molecular weight is 720 g/mol. The fourth-order valence-corrected chi connectivity index (χ4v) is 7.48. The summed E-state index contributed by atoms with van der Waals surface area (Å²) in [4.78, 5) is 15.1. The van der Waals surface area contributed by atoms with Crippen molar-refractivity contribution in [2.75, 3.05) is 18.6 Å². The Hall–Kier alpha value is -5.69. The number of unbranched alkanes of at least 4 members (excludes halogenated alkanes) is 6. The average Bonchev–Trinajstić information content (AvgIpc) is 3.36. The normalized spacial score (nSPS) is 16.6. The van der Waals surface area contributed by atoms with E-state index in [2.05, 4.69) is 79.4 Å². The molecule has 0 N–H and O–H groups in total. The minimum absolute atomic E-state index is 0.258. The molecule has 0 aliphatic carbocycles. The zero-order valence-electron chi connectivity index (χ0n) is 31.8. The van der Waals surface area contributed by atoms with E-state index in [0.29, 0.717) is 22.7 Å². The number of hydrogen-bond donors (Lipinski definition) is 0. The summed E-state index contributed by atoms with van der Waals surface area (Å²) in [6.45, 7) is 7.45. The molecule has 5 aromatic carbocycles. The predicted octanol–water partition coefficient (Wildman–Crippen LogP) is 12.6. The van der Waals surface area contributed by atoms with E-state index in [4.69, 9.17) is 14.2 Å². The molecule has 1 atom stereocenters. The molecule has 7 heteroatoms. The monoisotopic (exact) mass is 719 g/mol. The Labute approximate surface area is 319 Å². The number of rotatable bonds is 14. The highest BCUT2D eigenvalue weighted by Crippen LogP contribution is 2.54. The Morgan fingerprint density at radius 2 is 1.35 bits per heavy atom. The Balaban J connectivity index is 0.901. The maximum atomic E-state index is 12.9. The minimum Gasteiger partial charge on any atom is -0.494 e. The maximum Gasteiger partial charge on any atom is 0.343 e. The number of nitrogens with zero attached hydrogens (tertiary/aromatic N) is 3. The molecule has 0 bridgehead atoms. The van der Waals surface area contributed by atoms with Crippen molar-refractivity contribution >= 4 is 29.1 Å². The third kappa shape index (κ3) is 7.67. The third-order valence-electron chi connectivity index (χ3n) is 10.7. The quantitative estimate of drug-likeness (QED) is 0.0494. The number of likely N-dealkylation sites (N-methyl/N-ethyl adjacent to an activating group) is 1. The summed E-state index contributed by atoms with van der Waals surface area (Å²) in [5.41, 5.74) is 6.40. The zero-order chi connectivity index (χ0) is 37.5. The second-order valence-corrected chi connectivity index (χ2v) is 14.7. The Morgan fingerprint density at radius 1 is 0.722 bits per heavy atom. The molecule has 2 heterocycles. The molecule has 0 saturated heterocycles. The van der Waals surface area contributed by atoms with Gasteiger partial charge in [0.25, 0.3) is 0 Å². The molecule has 0 radical (unpaired) electrons. The van der Waals surface area contributed by atoms with Gasteiger partial charge in [0.1, 0.15) is 17.2 Å². The smallest absolute Gasteiger partial charge is 0.343 e. The molecule has 1 spiro atoms. The molecule has 0 amide bonds. The zero-order valence-corrected chi connectivity index (χ0v) is 31.8. The molecular weight excluding hydrogens is 671 g/mol. The van der Waals surface area contributed by atoms with Gasteiger partial charge in [-0.2, -0.15) is 10.2 Å². The van der Waals surface area contributed by atoms with Gasteiger partial charge in [-0.15, -0.1) is 0 Å². The van der Waals surface area contributed by atoms with E-state index in [1.54, 1.807) is 36.4 Å². The second-order valence-electron chi connectivity index (χ2n) is 14.7.